The molecule has 300 valence electrons. The Balaban J connectivity index is 0.916. The fourth-order valence-electron chi connectivity index (χ4n) is 9.69. The molecule has 2 heteroatoms. The Morgan fingerprint density at radius 3 is 0.875 bits per heavy atom. The number of rotatable bonds is 9. The van der Waals surface area contributed by atoms with Crippen molar-refractivity contribution in [3.05, 3.63) is 255 Å². The van der Waals surface area contributed by atoms with Crippen LogP contribution in [0.2, 0.25) is 0 Å². The summed E-state index contributed by atoms with van der Waals surface area (Å²) in [6.07, 6.45) is 0. The minimum absolute atomic E-state index is 1.10. The Bertz CT molecular complexity index is 3330. The molecule has 0 atom stereocenters. The lowest BCUT2D eigenvalue weighted by molar-refractivity contribution is 1.18. The van der Waals surface area contributed by atoms with Crippen LogP contribution >= 0.6 is 0 Å². The van der Waals surface area contributed by atoms with Gasteiger partial charge in [-0.1, -0.05) is 194 Å². The van der Waals surface area contributed by atoms with Crippen molar-refractivity contribution in [1.29, 1.82) is 0 Å². The van der Waals surface area contributed by atoms with Gasteiger partial charge in [0.25, 0.3) is 0 Å². The zero-order valence-corrected chi connectivity index (χ0v) is 35.1. The maximum absolute atomic E-state index is 2.45. The zero-order chi connectivity index (χ0) is 42.4. The maximum Gasteiger partial charge on any atom is 0.0547 e. The topological polar surface area (TPSA) is 8.17 Å². The zero-order valence-electron chi connectivity index (χ0n) is 35.1. The van der Waals surface area contributed by atoms with Crippen molar-refractivity contribution in [1.82, 2.24) is 4.57 Å². The van der Waals surface area contributed by atoms with Gasteiger partial charge >= 0.3 is 0 Å². The average molecular weight is 815 g/mol. The summed E-state index contributed by atoms with van der Waals surface area (Å²) in [4.78, 5) is 2.34. The van der Waals surface area contributed by atoms with Crippen molar-refractivity contribution in [3.63, 3.8) is 0 Å². The smallest absolute Gasteiger partial charge is 0.0547 e. The predicted octanol–water partition coefficient (Wildman–Crippen LogP) is 17.2. The van der Waals surface area contributed by atoms with Gasteiger partial charge in [-0.2, -0.15) is 0 Å². The van der Waals surface area contributed by atoms with Crippen LogP contribution in [0, 0.1) is 0 Å². The summed E-state index contributed by atoms with van der Waals surface area (Å²) in [7, 11) is 0. The highest BCUT2D eigenvalue weighted by Gasteiger charge is 2.21. The molecule has 12 rings (SSSR count). The molecule has 0 radical (unpaired) electrons. The van der Waals surface area contributed by atoms with E-state index in [9.17, 15) is 0 Å². The first-order chi connectivity index (χ1) is 31.7. The van der Waals surface area contributed by atoms with Crippen molar-refractivity contribution in [3.8, 4) is 61.3 Å². The summed E-state index contributed by atoms with van der Waals surface area (Å²) < 4.78 is 2.45. The van der Waals surface area contributed by atoms with E-state index in [1.807, 2.05) is 0 Å². The van der Waals surface area contributed by atoms with Gasteiger partial charge in [-0.3, -0.25) is 0 Å². The second-order valence-corrected chi connectivity index (χ2v) is 16.5. The highest BCUT2D eigenvalue weighted by molar-refractivity contribution is 6.28. The van der Waals surface area contributed by atoms with Crippen LogP contribution in [0.15, 0.2) is 255 Å². The summed E-state index contributed by atoms with van der Waals surface area (Å²) in [5, 5.41) is 5.16. The minimum Gasteiger partial charge on any atom is -0.311 e. The first kappa shape index (κ1) is 37.3. The quantitative estimate of drug-likeness (QED) is 0.132. The van der Waals surface area contributed by atoms with Gasteiger partial charge in [0.15, 0.2) is 0 Å². The van der Waals surface area contributed by atoms with Gasteiger partial charge in [0.1, 0.15) is 0 Å². The molecule has 64 heavy (non-hydrogen) atoms. The highest BCUT2D eigenvalue weighted by atomic mass is 15.1. The van der Waals surface area contributed by atoms with E-state index in [0.717, 1.165) is 22.7 Å². The Morgan fingerprint density at radius 1 is 0.234 bits per heavy atom. The third-order valence-electron chi connectivity index (χ3n) is 12.8. The van der Waals surface area contributed by atoms with Crippen LogP contribution in [0.4, 0.5) is 17.1 Å². The van der Waals surface area contributed by atoms with Crippen LogP contribution in [0.3, 0.4) is 0 Å². The Kier molecular flexibility index (Phi) is 9.20. The number of anilines is 3. The van der Waals surface area contributed by atoms with Crippen LogP contribution < -0.4 is 4.90 Å². The summed E-state index contributed by atoms with van der Waals surface area (Å²) in [5.74, 6) is 0. The predicted molar refractivity (Wildman–Crippen MR) is 271 cm³/mol. The Morgan fingerprint density at radius 2 is 0.531 bits per heavy atom. The van der Waals surface area contributed by atoms with Crippen LogP contribution in [0.5, 0.6) is 0 Å². The number of benzene rings is 11. The summed E-state index contributed by atoms with van der Waals surface area (Å²) in [6.45, 7) is 0. The second kappa shape index (κ2) is 15.8. The normalized spacial score (nSPS) is 11.4. The number of nitrogens with zero attached hydrogens (tertiary/aromatic N) is 2. The molecule has 0 N–H and O–H groups in total. The van der Waals surface area contributed by atoms with E-state index in [4.69, 9.17) is 0 Å². The first-order valence-electron chi connectivity index (χ1n) is 22.0. The molecule has 0 unspecified atom stereocenters. The summed E-state index contributed by atoms with van der Waals surface area (Å²) >= 11 is 0. The molecule has 11 aromatic carbocycles. The first-order valence-corrected chi connectivity index (χ1v) is 22.0. The molecule has 0 aliphatic rings. The van der Waals surface area contributed by atoms with Crippen LogP contribution in [-0.2, 0) is 0 Å². The lowest BCUT2D eigenvalue weighted by atomic mass is 9.91. The van der Waals surface area contributed by atoms with Gasteiger partial charge in [-0.05, 0) is 127 Å². The molecule has 1 aromatic heterocycles. The molecule has 0 amide bonds. The molecule has 0 bridgehead atoms. The average Bonchev–Trinajstić information content (AvgIpc) is 3.72. The third kappa shape index (κ3) is 6.52. The fourth-order valence-corrected chi connectivity index (χ4v) is 9.69. The molecule has 0 saturated heterocycles. The van der Waals surface area contributed by atoms with Crippen molar-refractivity contribution in [2.45, 2.75) is 0 Å². The van der Waals surface area contributed by atoms with Crippen LogP contribution in [-0.4, -0.2) is 4.57 Å². The van der Waals surface area contributed by atoms with E-state index in [1.165, 1.54) is 88.2 Å². The van der Waals surface area contributed by atoms with Crippen molar-refractivity contribution < 1.29 is 0 Å². The standard InChI is InChI=1S/C62H42N2/c1-5-13-43(14-6-1)45-21-29-51(30-22-45)63(52-31-23-46(24-32-52)44-15-7-2-8-16-44)53-33-25-47(26-34-53)48-27-35-54(36-28-48)64-59-41-39-55(49-17-9-3-10-18-49)57-37-38-58-56(50-19-11-4-12-20-50)40-42-60(64)62(58)61(57)59/h1-42H. The molecular formula is C62H42N2. The monoisotopic (exact) mass is 814 g/mol. The largest absolute Gasteiger partial charge is 0.311 e. The van der Waals surface area contributed by atoms with Gasteiger partial charge in [-0.15, -0.1) is 0 Å². The van der Waals surface area contributed by atoms with Gasteiger partial charge in [0, 0.05) is 33.5 Å². The van der Waals surface area contributed by atoms with Crippen LogP contribution in [0.1, 0.15) is 0 Å². The van der Waals surface area contributed by atoms with E-state index in [2.05, 4.69) is 264 Å². The summed E-state index contributed by atoms with van der Waals surface area (Å²) in [6, 6.07) is 92.4. The van der Waals surface area contributed by atoms with Gasteiger partial charge in [0.2, 0.25) is 0 Å². The molecule has 0 aliphatic carbocycles. The number of hydrogen-bond donors (Lipinski definition) is 0. The molecule has 1 heterocycles. The van der Waals surface area contributed by atoms with E-state index >= 15 is 0 Å². The lowest BCUT2D eigenvalue weighted by Gasteiger charge is -2.26. The van der Waals surface area contributed by atoms with Crippen LogP contribution in [0.25, 0.3) is 93.9 Å². The Labute approximate surface area is 373 Å². The molecule has 0 saturated carbocycles. The Hall–Kier alpha value is -8.46. The molecule has 0 spiro atoms. The van der Waals surface area contributed by atoms with E-state index in [-0.39, 0.29) is 0 Å². The van der Waals surface area contributed by atoms with Gasteiger partial charge in [-0.25, -0.2) is 0 Å². The number of aromatic nitrogens is 1. The van der Waals surface area contributed by atoms with Gasteiger partial charge in [0.05, 0.1) is 11.0 Å². The molecule has 2 nitrogen and oxygen atoms in total. The van der Waals surface area contributed by atoms with E-state index < -0.39 is 0 Å². The van der Waals surface area contributed by atoms with Gasteiger partial charge < -0.3 is 9.47 Å². The van der Waals surface area contributed by atoms with E-state index in [1.54, 1.807) is 0 Å². The second-order valence-electron chi connectivity index (χ2n) is 16.5. The minimum atomic E-state index is 1.10. The fraction of sp³-hybridized carbons (Fsp3) is 0. The maximum atomic E-state index is 2.45. The third-order valence-corrected chi connectivity index (χ3v) is 12.8. The molecule has 0 fully saturated rings. The lowest BCUT2D eigenvalue weighted by Crippen LogP contribution is -2.09. The number of hydrogen-bond acceptors (Lipinski definition) is 1. The van der Waals surface area contributed by atoms with Crippen molar-refractivity contribution in [2.24, 2.45) is 0 Å². The highest BCUT2D eigenvalue weighted by Crippen LogP contribution is 2.45. The van der Waals surface area contributed by atoms with Crippen molar-refractivity contribution >= 4 is 49.6 Å². The van der Waals surface area contributed by atoms with Crippen molar-refractivity contribution in [2.75, 3.05) is 4.90 Å². The molecule has 12 aromatic rings. The SMILES string of the molecule is c1ccc(-c2ccc(N(c3ccc(-c4ccccc4)cc3)c3ccc(-c4ccc(-n5c6ccc(-c7ccccc7)c7ccc8c(-c9ccccc9)ccc5c8c76)cc4)cc3)cc2)cc1. The molecule has 0 aliphatic heterocycles. The van der Waals surface area contributed by atoms with E-state index in [0.29, 0.717) is 0 Å². The summed E-state index contributed by atoms with van der Waals surface area (Å²) in [5.41, 5.74) is 19.0. The molecular weight excluding hydrogens is 773 g/mol.